The average molecular weight is 308 g/mol. The van der Waals surface area contributed by atoms with E-state index in [0.29, 0.717) is 11.3 Å². The first-order valence-electron chi connectivity index (χ1n) is 6.87. The van der Waals surface area contributed by atoms with Crippen LogP contribution < -0.4 is 5.63 Å². The molecule has 6 heteroatoms. The summed E-state index contributed by atoms with van der Waals surface area (Å²) >= 11 is 0. The summed E-state index contributed by atoms with van der Waals surface area (Å²) in [5.74, 6) is 0.0550. The van der Waals surface area contributed by atoms with Crippen LogP contribution in [-0.2, 0) is 0 Å². The van der Waals surface area contributed by atoms with Gasteiger partial charge in [0.1, 0.15) is 0 Å². The van der Waals surface area contributed by atoms with Gasteiger partial charge >= 0.3 is 5.63 Å². The lowest BCUT2D eigenvalue weighted by Crippen LogP contribution is -2.02. The molecule has 23 heavy (non-hydrogen) atoms. The normalized spacial score (nSPS) is 10.5. The second-order valence-electron chi connectivity index (χ2n) is 4.99. The molecule has 0 unspecified atom stereocenters. The highest BCUT2D eigenvalue weighted by molar-refractivity contribution is 5.66. The second-order valence-corrected chi connectivity index (χ2v) is 4.99. The van der Waals surface area contributed by atoms with Crippen molar-refractivity contribution in [3.8, 4) is 22.7 Å². The molecule has 0 radical (unpaired) electrons. The number of non-ortho nitro benzene ring substituents is 1. The largest absolute Gasteiger partial charge is 0.404 e. The van der Waals surface area contributed by atoms with Gasteiger partial charge in [-0.25, -0.2) is 9.78 Å². The van der Waals surface area contributed by atoms with E-state index in [-0.39, 0.29) is 11.6 Å². The number of hydrogen-bond donors (Lipinski definition) is 0. The summed E-state index contributed by atoms with van der Waals surface area (Å²) in [6.45, 7) is 1.92. The molecule has 0 fully saturated rings. The molecular weight excluding hydrogens is 296 g/mol. The summed E-state index contributed by atoms with van der Waals surface area (Å²) in [5.41, 5.74) is 1.99. The van der Waals surface area contributed by atoms with Gasteiger partial charge in [-0.15, -0.1) is 0 Å². The van der Waals surface area contributed by atoms with E-state index in [9.17, 15) is 14.9 Å². The average Bonchev–Trinajstić information content (AvgIpc) is 2.55. The van der Waals surface area contributed by atoms with Crippen LogP contribution in [-0.4, -0.2) is 9.91 Å². The lowest BCUT2D eigenvalue weighted by molar-refractivity contribution is -0.384. The van der Waals surface area contributed by atoms with E-state index in [1.54, 1.807) is 6.07 Å². The fourth-order valence-electron chi connectivity index (χ4n) is 2.28. The first-order chi connectivity index (χ1) is 11.0. The molecule has 6 nitrogen and oxygen atoms in total. The molecule has 1 heterocycles. The van der Waals surface area contributed by atoms with Crippen LogP contribution in [0.15, 0.2) is 63.8 Å². The standard InChI is InChI=1S/C17H12N2O4/c1-11-5-2-3-8-14(11)15-10-16(20)23-17(18-15)12-6-4-7-13(9-12)19(21)22/h2-10H,1H3. The maximum Gasteiger partial charge on any atom is 0.339 e. The minimum atomic E-state index is -0.556. The van der Waals surface area contributed by atoms with Crippen molar-refractivity contribution in [3.05, 3.63) is 80.7 Å². The Bertz CT molecular complexity index is 947. The number of nitro benzene ring substituents is 1. The van der Waals surface area contributed by atoms with Crippen molar-refractivity contribution < 1.29 is 9.34 Å². The monoisotopic (exact) mass is 308 g/mol. The van der Waals surface area contributed by atoms with Crippen LogP contribution in [0.3, 0.4) is 0 Å². The van der Waals surface area contributed by atoms with Crippen LogP contribution in [0.4, 0.5) is 5.69 Å². The molecule has 0 aliphatic carbocycles. The highest BCUT2D eigenvalue weighted by Gasteiger charge is 2.13. The van der Waals surface area contributed by atoms with Crippen molar-refractivity contribution >= 4 is 5.69 Å². The van der Waals surface area contributed by atoms with Crippen LogP contribution in [0, 0.1) is 17.0 Å². The maximum atomic E-state index is 11.8. The molecule has 0 saturated heterocycles. The SMILES string of the molecule is Cc1ccccc1-c1cc(=O)oc(-c2cccc([N+](=O)[O-])c2)n1. The van der Waals surface area contributed by atoms with Crippen molar-refractivity contribution in [2.75, 3.05) is 0 Å². The molecule has 3 rings (SSSR count). The molecule has 114 valence electrons. The third-order valence-electron chi connectivity index (χ3n) is 3.40. The smallest absolute Gasteiger partial charge is 0.339 e. The van der Waals surface area contributed by atoms with Crippen molar-refractivity contribution in [1.82, 2.24) is 4.98 Å². The predicted octanol–water partition coefficient (Wildman–Crippen LogP) is 3.59. The van der Waals surface area contributed by atoms with Crippen molar-refractivity contribution in [3.63, 3.8) is 0 Å². The van der Waals surface area contributed by atoms with Gasteiger partial charge in [-0.05, 0) is 18.6 Å². The number of rotatable bonds is 3. The lowest BCUT2D eigenvalue weighted by Gasteiger charge is -2.06. The minimum absolute atomic E-state index is 0.0550. The first-order valence-corrected chi connectivity index (χ1v) is 6.87. The number of benzene rings is 2. The summed E-state index contributed by atoms with van der Waals surface area (Å²) in [6.07, 6.45) is 0. The molecule has 1 aromatic heterocycles. The van der Waals surface area contributed by atoms with Crippen LogP contribution in [0.1, 0.15) is 5.56 Å². The van der Waals surface area contributed by atoms with Gasteiger partial charge in [-0.1, -0.05) is 30.3 Å². The highest BCUT2D eigenvalue weighted by atomic mass is 16.6. The zero-order chi connectivity index (χ0) is 16.4. The van der Waals surface area contributed by atoms with Crippen molar-refractivity contribution in [2.24, 2.45) is 0 Å². The van der Waals surface area contributed by atoms with Gasteiger partial charge in [0.25, 0.3) is 5.69 Å². The van der Waals surface area contributed by atoms with Crippen LogP contribution in [0.25, 0.3) is 22.7 Å². The van der Waals surface area contributed by atoms with E-state index in [4.69, 9.17) is 4.42 Å². The molecule has 0 aliphatic heterocycles. The predicted molar refractivity (Wildman–Crippen MR) is 85.0 cm³/mol. The van der Waals surface area contributed by atoms with Crippen LogP contribution >= 0.6 is 0 Å². The maximum absolute atomic E-state index is 11.8. The van der Waals surface area contributed by atoms with Gasteiger partial charge < -0.3 is 4.42 Å². The van der Waals surface area contributed by atoms with E-state index in [1.807, 2.05) is 31.2 Å². The van der Waals surface area contributed by atoms with Crippen LogP contribution in [0.2, 0.25) is 0 Å². The number of nitrogens with zero attached hydrogens (tertiary/aromatic N) is 2. The van der Waals surface area contributed by atoms with E-state index in [1.165, 1.54) is 24.3 Å². The summed E-state index contributed by atoms with van der Waals surface area (Å²) in [6, 6.07) is 14.7. The third-order valence-corrected chi connectivity index (χ3v) is 3.40. The quantitative estimate of drug-likeness (QED) is 0.545. The molecule has 0 spiro atoms. The second kappa shape index (κ2) is 5.84. The van der Waals surface area contributed by atoms with Gasteiger partial charge in [-0.2, -0.15) is 0 Å². The lowest BCUT2D eigenvalue weighted by atomic mass is 10.1. The molecule has 0 N–H and O–H groups in total. The fraction of sp³-hybridized carbons (Fsp3) is 0.0588. The highest BCUT2D eigenvalue weighted by Crippen LogP contribution is 2.25. The van der Waals surface area contributed by atoms with Crippen LogP contribution in [0.5, 0.6) is 0 Å². The Morgan fingerprint density at radius 2 is 1.87 bits per heavy atom. The summed E-state index contributed by atoms with van der Waals surface area (Å²) in [5, 5.41) is 10.9. The Morgan fingerprint density at radius 1 is 1.09 bits per heavy atom. The third kappa shape index (κ3) is 3.01. The molecule has 3 aromatic rings. The molecule has 2 aromatic carbocycles. The van der Waals surface area contributed by atoms with Crippen molar-refractivity contribution in [1.29, 1.82) is 0 Å². The Hall–Kier alpha value is -3.28. The number of aromatic nitrogens is 1. The molecular formula is C17H12N2O4. The van der Waals surface area contributed by atoms with E-state index >= 15 is 0 Å². The van der Waals surface area contributed by atoms with Gasteiger partial charge in [-0.3, -0.25) is 10.1 Å². The van der Waals surface area contributed by atoms with Gasteiger partial charge in [0.05, 0.1) is 16.7 Å². The zero-order valence-electron chi connectivity index (χ0n) is 12.2. The van der Waals surface area contributed by atoms with E-state index in [0.717, 1.165) is 11.1 Å². The molecule has 0 bridgehead atoms. The van der Waals surface area contributed by atoms with E-state index in [2.05, 4.69) is 4.98 Å². The van der Waals surface area contributed by atoms with Gasteiger partial charge in [0.2, 0.25) is 5.89 Å². The summed E-state index contributed by atoms with van der Waals surface area (Å²) < 4.78 is 5.11. The van der Waals surface area contributed by atoms with E-state index < -0.39 is 10.5 Å². The number of nitro groups is 1. The number of aryl methyl sites for hydroxylation is 1. The molecule has 0 atom stereocenters. The summed E-state index contributed by atoms with van der Waals surface area (Å²) in [4.78, 5) is 26.6. The fourth-order valence-corrected chi connectivity index (χ4v) is 2.28. The Morgan fingerprint density at radius 3 is 2.61 bits per heavy atom. The van der Waals surface area contributed by atoms with Crippen molar-refractivity contribution in [2.45, 2.75) is 6.92 Å². The topological polar surface area (TPSA) is 86.2 Å². The zero-order valence-corrected chi connectivity index (χ0v) is 12.2. The van der Waals surface area contributed by atoms with Gasteiger partial charge in [0.15, 0.2) is 0 Å². The Kier molecular flexibility index (Phi) is 3.72. The Balaban J connectivity index is 2.15. The minimum Gasteiger partial charge on any atom is -0.404 e. The Labute approximate surface area is 131 Å². The van der Waals surface area contributed by atoms with Gasteiger partial charge in [0, 0.05) is 23.3 Å². The number of hydrogen-bond acceptors (Lipinski definition) is 5. The molecule has 0 amide bonds. The molecule has 0 aliphatic rings. The summed E-state index contributed by atoms with van der Waals surface area (Å²) in [7, 11) is 0. The molecule has 0 saturated carbocycles. The first kappa shape index (κ1) is 14.6.